The van der Waals surface area contributed by atoms with Crippen LogP contribution in [0.3, 0.4) is 0 Å². The Morgan fingerprint density at radius 2 is 1.89 bits per heavy atom. The molecule has 0 spiro atoms. The molecular weight excluding hydrogens is 312 g/mol. The van der Waals surface area contributed by atoms with E-state index in [1.54, 1.807) is 0 Å². The lowest BCUT2D eigenvalue weighted by atomic mass is 9.99. The maximum Gasteiger partial charge on any atom is 0.0511 e. The number of benzene rings is 2. The van der Waals surface area contributed by atoms with Crippen molar-refractivity contribution in [2.75, 3.05) is 0 Å². The Balaban J connectivity index is 2.23. The number of halogens is 2. The molecule has 2 aromatic carbocycles. The molecule has 18 heavy (non-hydrogen) atoms. The van der Waals surface area contributed by atoms with Crippen LogP contribution in [0.25, 0.3) is 0 Å². The van der Waals surface area contributed by atoms with E-state index >= 15 is 0 Å². The molecule has 0 aliphatic carbocycles. The summed E-state index contributed by atoms with van der Waals surface area (Å²) in [6.07, 6.45) is 0.831. The molecule has 2 nitrogen and oxygen atoms in total. The lowest BCUT2D eigenvalue weighted by molar-refractivity contribution is 0.550. The zero-order valence-electron chi connectivity index (χ0n) is 9.74. The Morgan fingerprint density at radius 3 is 2.50 bits per heavy atom. The molecule has 0 aromatic heterocycles. The van der Waals surface area contributed by atoms with E-state index < -0.39 is 0 Å². The zero-order valence-corrected chi connectivity index (χ0v) is 12.1. The van der Waals surface area contributed by atoms with E-state index in [2.05, 4.69) is 33.5 Å². The Labute approximate surface area is 120 Å². The summed E-state index contributed by atoms with van der Waals surface area (Å²) >= 11 is 9.47. The molecule has 3 N–H and O–H groups in total. The third kappa shape index (κ3) is 3.33. The highest BCUT2D eigenvalue weighted by molar-refractivity contribution is 9.10. The molecule has 0 radical (unpaired) electrons. The quantitative estimate of drug-likeness (QED) is 0.662. The highest BCUT2D eigenvalue weighted by atomic mass is 79.9. The molecule has 0 saturated heterocycles. The van der Waals surface area contributed by atoms with Crippen molar-refractivity contribution in [2.24, 2.45) is 5.84 Å². The van der Waals surface area contributed by atoms with Gasteiger partial charge in [-0.05, 0) is 29.7 Å². The number of hydrogen-bond acceptors (Lipinski definition) is 2. The minimum absolute atomic E-state index is 0.0547. The van der Waals surface area contributed by atoms with Crippen molar-refractivity contribution in [3.05, 3.63) is 69.2 Å². The van der Waals surface area contributed by atoms with E-state index in [0.29, 0.717) is 5.02 Å². The smallest absolute Gasteiger partial charge is 0.0511 e. The normalized spacial score (nSPS) is 12.4. The highest BCUT2D eigenvalue weighted by Gasteiger charge is 2.13. The first-order chi connectivity index (χ1) is 8.70. The highest BCUT2D eigenvalue weighted by Crippen LogP contribution is 2.28. The molecule has 0 bridgehead atoms. The first kappa shape index (κ1) is 13.6. The molecule has 1 unspecified atom stereocenters. The van der Waals surface area contributed by atoms with Crippen LogP contribution in [-0.4, -0.2) is 0 Å². The SMILES string of the molecule is NNC(Cc1ccccc1)c1ccc(Cl)cc1Br. The van der Waals surface area contributed by atoms with Crippen LogP contribution in [0.1, 0.15) is 17.2 Å². The molecule has 4 heteroatoms. The Bertz CT molecular complexity index is 516. The third-order valence-corrected chi connectivity index (χ3v) is 3.74. The fourth-order valence-electron chi connectivity index (χ4n) is 1.89. The van der Waals surface area contributed by atoms with Gasteiger partial charge in [-0.25, -0.2) is 0 Å². The summed E-state index contributed by atoms with van der Waals surface area (Å²) in [7, 11) is 0. The van der Waals surface area contributed by atoms with Gasteiger partial charge in [-0.2, -0.15) is 0 Å². The van der Waals surface area contributed by atoms with Gasteiger partial charge in [-0.3, -0.25) is 11.3 Å². The minimum atomic E-state index is 0.0547. The fraction of sp³-hybridized carbons (Fsp3) is 0.143. The van der Waals surface area contributed by atoms with E-state index in [9.17, 15) is 0 Å². The van der Waals surface area contributed by atoms with Crippen molar-refractivity contribution in [3.63, 3.8) is 0 Å². The number of hydrazine groups is 1. The second-order valence-electron chi connectivity index (χ2n) is 4.07. The molecule has 0 saturated carbocycles. The number of nitrogens with two attached hydrogens (primary N) is 1. The lowest BCUT2D eigenvalue weighted by Crippen LogP contribution is -2.29. The van der Waals surface area contributed by atoms with Crippen molar-refractivity contribution in [1.82, 2.24) is 5.43 Å². The third-order valence-electron chi connectivity index (χ3n) is 2.82. The van der Waals surface area contributed by atoms with Gasteiger partial charge in [0.15, 0.2) is 0 Å². The molecule has 0 heterocycles. The molecule has 0 aliphatic heterocycles. The van der Waals surface area contributed by atoms with E-state index in [0.717, 1.165) is 16.5 Å². The summed E-state index contributed by atoms with van der Waals surface area (Å²) in [5, 5.41) is 0.709. The number of rotatable bonds is 4. The summed E-state index contributed by atoms with van der Waals surface area (Å²) in [5.74, 6) is 5.66. The van der Waals surface area contributed by atoms with Gasteiger partial charge in [0.25, 0.3) is 0 Å². The molecule has 94 valence electrons. The van der Waals surface area contributed by atoms with E-state index in [-0.39, 0.29) is 6.04 Å². The van der Waals surface area contributed by atoms with Gasteiger partial charge in [0, 0.05) is 9.50 Å². The van der Waals surface area contributed by atoms with Crippen molar-refractivity contribution < 1.29 is 0 Å². The Kier molecular flexibility index (Phi) is 4.78. The van der Waals surface area contributed by atoms with Crippen LogP contribution in [0, 0.1) is 0 Å². The summed E-state index contributed by atoms with van der Waals surface area (Å²) in [6, 6.07) is 16.0. The van der Waals surface area contributed by atoms with Gasteiger partial charge in [-0.15, -0.1) is 0 Å². The molecule has 1 atom stereocenters. The van der Waals surface area contributed by atoms with Gasteiger partial charge in [-0.1, -0.05) is 63.9 Å². The van der Waals surface area contributed by atoms with Crippen molar-refractivity contribution in [3.8, 4) is 0 Å². The van der Waals surface area contributed by atoms with Gasteiger partial charge < -0.3 is 0 Å². The Morgan fingerprint density at radius 1 is 1.17 bits per heavy atom. The maximum atomic E-state index is 5.94. The topological polar surface area (TPSA) is 38.0 Å². The first-order valence-electron chi connectivity index (χ1n) is 5.65. The van der Waals surface area contributed by atoms with Crippen molar-refractivity contribution in [2.45, 2.75) is 12.5 Å². The van der Waals surface area contributed by atoms with E-state index in [4.69, 9.17) is 17.4 Å². The van der Waals surface area contributed by atoms with Gasteiger partial charge in [0.2, 0.25) is 0 Å². The van der Waals surface area contributed by atoms with Gasteiger partial charge in [0.05, 0.1) is 6.04 Å². The minimum Gasteiger partial charge on any atom is -0.271 e. The first-order valence-corrected chi connectivity index (χ1v) is 6.83. The summed E-state index contributed by atoms with van der Waals surface area (Å²) in [6.45, 7) is 0. The van der Waals surface area contributed by atoms with Gasteiger partial charge in [0.1, 0.15) is 0 Å². The standard InChI is InChI=1S/C14H14BrClN2/c15-13-9-11(16)6-7-12(13)14(18-17)8-10-4-2-1-3-5-10/h1-7,9,14,18H,8,17H2. The molecule has 0 aliphatic rings. The lowest BCUT2D eigenvalue weighted by Gasteiger charge is -2.18. The molecular formula is C14H14BrClN2. The largest absolute Gasteiger partial charge is 0.271 e. The average molecular weight is 326 g/mol. The second kappa shape index (κ2) is 6.34. The van der Waals surface area contributed by atoms with Crippen LogP contribution in [0.4, 0.5) is 0 Å². The predicted octanol–water partition coefficient (Wildman–Crippen LogP) is 3.85. The molecule has 0 fully saturated rings. The molecule has 2 aromatic rings. The summed E-state index contributed by atoms with van der Waals surface area (Å²) < 4.78 is 0.967. The second-order valence-corrected chi connectivity index (χ2v) is 5.37. The van der Waals surface area contributed by atoms with E-state index in [1.807, 2.05) is 36.4 Å². The van der Waals surface area contributed by atoms with E-state index in [1.165, 1.54) is 5.56 Å². The summed E-state index contributed by atoms with van der Waals surface area (Å²) in [4.78, 5) is 0. The predicted molar refractivity (Wildman–Crippen MR) is 79.4 cm³/mol. The Hall–Kier alpha value is -0.870. The van der Waals surface area contributed by atoms with Crippen LogP contribution < -0.4 is 11.3 Å². The van der Waals surface area contributed by atoms with Crippen LogP contribution in [-0.2, 0) is 6.42 Å². The van der Waals surface area contributed by atoms with Crippen LogP contribution in [0.2, 0.25) is 5.02 Å². The maximum absolute atomic E-state index is 5.94. The number of hydrogen-bond donors (Lipinski definition) is 2. The van der Waals surface area contributed by atoms with Crippen molar-refractivity contribution >= 4 is 27.5 Å². The van der Waals surface area contributed by atoms with Crippen LogP contribution >= 0.6 is 27.5 Å². The summed E-state index contributed by atoms with van der Waals surface area (Å²) in [5.41, 5.74) is 5.19. The van der Waals surface area contributed by atoms with Crippen LogP contribution in [0.15, 0.2) is 53.0 Å². The fourth-order valence-corrected chi connectivity index (χ4v) is 2.85. The van der Waals surface area contributed by atoms with Crippen LogP contribution in [0.5, 0.6) is 0 Å². The zero-order chi connectivity index (χ0) is 13.0. The average Bonchev–Trinajstić information content (AvgIpc) is 2.38. The number of nitrogens with one attached hydrogen (secondary N) is 1. The van der Waals surface area contributed by atoms with Crippen molar-refractivity contribution in [1.29, 1.82) is 0 Å². The molecule has 2 rings (SSSR count). The monoisotopic (exact) mass is 324 g/mol. The van der Waals surface area contributed by atoms with Gasteiger partial charge >= 0.3 is 0 Å². The molecule has 0 amide bonds.